The molecule has 1 rings (SSSR count). The van der Waals surface area contributed by atoms with Gasteiger partial charge in [0, 0.05) is 30.4 Å². The summed E-state index contributed by atoms with van der Waals surface area (Å²) in [5.41, 5.74) is 6.41. The number of halogens is 1. The van der Waals surface area contributed by atoms with Gasteiger partial charge in [-0.2, -0.15) is 5.01 Å². The first-order chi connectivity index (χ1) is 8.48. The number of rotatable bonds is 5. The van der Waals surface area contributed by atoms with Crippen LogP contribution in [-0.2, 0) is 0 Å². The van der Waals surface area contributed by atoms with Crippen molar-refractivity contribution in [1.82, 2.24) is 15.6 Å². The predicted octanol–water partition coefficient (Wildman–Crippen LogP) is 0.109. The van der Waals surface area contributed by atoms with Crippen molar-refractivity contribution >= 4 is 23.8 Å². The number of nitrogens with two attached hydrogens (primary N) is 1. The van der Waals surface area contributed by atoms with E-state index in [0.29, 0.717) is 5.01 Å². The first-order valence-electron chi connectivity index (χ1n) is 5.24. The average molecular weight is 275 g/mol. The molecule has 1 atom stereocenters. The summed E-state index contributed by atoms with van der Waals surface area (Å²) < 4.78 is 0. The van der Waals surface area contributed by atoms with Crippen LogP contribution in [0, 0.1) is 4.91 Å². The molecule has 0 radical (unpaired) electrons. The van der Waals surface area contributed by atoms with E-state index >= 15 is 0 Å². The zero-order chi connectivity index (χ0) is 13.6. The third-order valence-electron chi connectivity index (χ3n) is 2.12. The summed E-state index contributed by atoms with van der Waals surface area (Å²) in [6.07, 6.45) is 3.20. The molecule has 0 aromatic carbocycles. The number of carbonyl (C=O) groups excluding carboxylic acids is 1. The van der Waals surface area contributed by atoms with Gasteiger partial charge < -0.3 is 10.6 Å². The highest BCUT2D eigenvalue weighted by molar-refractivity contribution is 6.18. The molecule has 0 fully saturated rings. The van der Waals surface area contributed by atoms with Crippen LogP contribution in [0.1, 0.15) is 6.92 Å². The third-order valence-corrected chi connectivity index (χ3v) is 2.29. The summed E-state index contributed by atoms with van der Waals surface area (Å²) in [6, 6.07) is -0.610. The summed E-state index contributed by atoms with van der Waals surface area (Å²) in [5, 5.41) is 8.64. The van der Waals surface area contributed by atoms with E-state index < -0.39 is 11.8 Å². The lowest BCUT2D eigenvalue weighted by Gasteiger charge is -2.24. The van der Waals surface area contributed by atoms with Crippen molar-refractivity contribution in [3.63, 3.8) is 0 Å². The maximum absolute atomic E-state index is 11.5. The van der Waals surface area contributed by atoms with Crippen LogP contribution in [0.15, 0.2) is 22.1 Å². The predicted molar refractivity (Wildman–Crippen MR) is 68.9 cm³/mol. The molecule has 0 aromatic heterocycles. The molecule has 1 unspecified atom stereocenters. The van der Waals surface area contributed by atoms with Crippen molar-refractivity contribution in [2.45, 2.75) is 12.7 Å². The van der Waals surface area contributed by atoms with Crippen LogP contribution < -0.4 is 16.4 Å². The molecule has 0 aliphatic carbocycles. The summed E-state index contributed by atoms with van der Waals surface area (Å²) in [4.78, 5) is 25.9. The molecule has 1 aliphatic heterocycles. The fourth-order valence-corrected chi connectivity index (χ4v) is 1.32. The molecular weight excluding hydrogens is 260 g/mol. The van der Waals surface area contributed by atoms with E-state index in [1.165, 1.54) is 0 Å². The highest BCUT2D eigenvalue weighted by Crippen LogP contribution is 2.03. The molecule has 0 bridgehead atoms. The molecule has 4 N–H and O–H groups in total. The molecule has 0 saturated carbocycles. The zero-order valence-corrected chi connectivity index (χ0v) is 10.6. The number of urea groups is 1. The van der Waals surface area contributed by atoms with E-state index in [4.69, 9.17) is 17.3 Å². The Hall–Kier alpha value is -1.67. The van der Waals surface area contributed by atoms with Crippen LogP contribution >= 0.6 is 11.6 Å². The minimum absolute atomic E-state index is 0.0587. The largest absolute Gasteiger partial charge is 0.355 e. The molecule has 8 nitrogen and oxygen atoms in total. The minimum Gasteiger partial charge on any atom is -0.355 e. The number of nitrogens with one attached hydrogen (secondary N) is 2. The van der Waals surface area contributed by atoms with Gasteiger partial charge in [0.25, 0.3) is 0 Å². The van der Waals surface area contributed by atoms with Gasteiger partial charge in [-0.3, -0.25) is 10.7 Å². The zero-order valence-electron chi connectivity index (χ0n) is 9.89. The van der Waals surface area contributed by atoms with Gasteiger partial charge in [0.15, 0.2) is 5.79 Å². The highest BCUT2D eigenvalue weighted by atomic mass is 35.5. The topological polar surface area (TPSA) is 112 Å². The Morgan fingerprint density at radius 3 is 3.00 bits per heavy atom. The lowest BCUT2D eigenvalue weighted by molar-refractivity contribution is 0.203. The third kappa shape index (κ3) is 4.30. The second kappa shape index (κ2) is 6.31. The van der Waals surface area contributed by atoms with Crippen molar-refractivity contribution in [3.8, 4) is 0 Å². The number of nitroso groups, excluding NO2 is 1. The minimum atomic E-state index is -0.831. The van der Waals surface area contributed by atoms with E-state index in [1.54, 1.807) is 19.3 Å². The molecule has 18 heavy (non-hydrogen) atoms. The van der Waals surface area contributed by atoms with E-state index in [1.807, 2.05) is 0 Å². The van der Waals surface area contributed by atoms with E-state index in [9.17, 15) is 9.70 Å². The van der Waals surface area contributed by atoms with Crippen LogP contribution in [-0.4, -0.2) is 42.0 Å². The molecule has 1 aliphatic rings. The van der Waals surface area contributed by atoms with Gasteiger partial charge >= 0.3 is 6.03 Å². The fraction of sp³-hybridized carbons (Fsp3) is 0.556. The number of carbonyl (C=O) groups is 1. The Bertz CT molecular complexity index is 381. The van der Waals surface area contributed by atoms with Crippen LogP contribution in [0.3, 0.4) is 0 Å². The molecular formula is C9H15ClN6O2. The first-order valence-corrected chi connectivity index (χ1v) is 5.77. The lowest BCUT2D eigenvalue weighted by atomic mass is 10.2. The average Bonchev–Trinajstić information content (AvgIpc) is 2.34. The lowest BCUT2D eigenvalue weighted by Crippen LogP contribution is -2.49. The maximum atomic E-state index is 11.5. The van der Waals surface area contributed by atoms with Crippen molar-refractivity contribution in [2.24, 2.45) is 16.0 Å². The first kappa shape index (κ1) is 14.4. The van der Waals surface area contributed by atoms with Gasteiger partial charge in [-0.15, -0.1) is 16.5 Å². The van der Waals surface area contributed by atoms with Crippen molar-refractivity contribution < 1.29 is 4.79 Å². The van der Waals surface area contributed by atoms with Gasteiger partial charge in [0.2, 0.25) is 0 Å². The number of hydrogen-bond acceptors (Lipinski definition) is 6. The Kier molecular flexibility index (Phi) is 5.05. The number of amides is 2. The second-order valence-corrected chi connectivity index (χ2v) is 4.20. The highest BCUT2D eigenvalue weighted by Gasteiger charge is 2.18. The number of hydrogen-bond donors (Lipinski definition) is 3. The summed E-state index contributed by atoms with van der Waals surface area (Å²) in [5.74, 6) is -0.696. The summed E-state index contributed by atoms with van der Waals surface area (Å²) in [6.45, 7) is 1.97. The SMILES string of the molecule is CC1(N)N=CC(CNC(=O)N(CCCl)N=O)=CN1. The van der Waals surface area contributed by atoms with Gasteiger partial charge in [0.05, 0.1) is 11.8 Å². The Morgan fingerprint density at radius 2 is 2.50 bits per heavy atom. The quantitative estimate of drug-likeness (QED) is 0.375. The summed E-state index contributed by atoms with van der Waals surface area (Å²) >= 11 is 5.42. The van der Waals surface area contributed by atoms with Gasteiger partial charge in [0.1, 0.15) is 0 Å². The smallest absolute Gasteiger partial charge is 0.340 e. The van der Waals surface area contributed by atoms with E-state index in [0.717, 1.165) is 5.57 Å². The second-order valence-electron chi connectivity index (χ2n) is 3.82. The summed E-state index contributed by atoms with van der Waals surface area (Å²) in [7, 11) is 0. The monoisotopic (exact) mass is 274 g/mol. The Labute approximate surface area is 109 Å². The molecule has 0 spiro atoms. The van der Waals surface area contributed by atoms with Gasteiger partial charge in [-0.05, 0) is 6.92 Å². The fourth-order valence-electron chi connectivity index (χ4n) is 1.16. The van der Waals surface area contributed by atoms with Gasteiger partial charge in [-0.25, -0.2) is 4.79 Å². The molecule has 2 amide bonds. The van der Waals surface area contributed by atoms with Crippen LogP contribution in [0.4, 0.5) is 4.79 Å². The van der Waals surface area contributed by atoms with Crippen molar-refractivity contribution in [3.05, 3.63) is 16.7 Å². The molecule has 0 saturated heterocycles. The van der Waals surface area contributed by atoms with E-state index in [-0.39, 0.29) is 19.0 Å². The molecule has 1 heterocycles. The molecule has 0 aromatic rings. The maximum Gasteiger partial charge on any atom is 0.340 e. The standard InChI is InChI=1S/C9H15ClN6O2/c1-9(11)13-5-7(6-14-9)4-12-8(17)16(15-18)3-2-10/h5-6,13H,2-4,11H2,1H3,(H,12,17). The van der Waals surface area contributed by atoms with Crippen molar-refractivity contribution in [2.75, 3.05) is 19.0 Å². The number of nitrogens with zero attached hydrogens (tertiary/aromatic N) is 3. The van der Waals surface area contributed by atoms with Crippen LogP contribution in [0.25, 0.3) is 0 Å². The van der Waals surface area contributed by atoms with Gasteiger partial charge in [-0.1, -0.05) is 0 Å². The van der Waals surface area contributed by atoms with E-state index in [2.05, 4.69) is 20.9 Å². The Morgan fingerprint density at radius 1 is 1.78 bits per heavy atom. The number of alkyl halides is 1. The molecule has 100 valence electrons. The van der Waals surface area contributed by atoms with Crippen LogP contribution in [0.2, 0.25) is 0 Å². The molecule has 9 heteroatoms. The normalized spacial score (nSPS) is 21.8. The van der Waals surface area contributed by atoms with Crippen LogP contribution in [0.5, 0.6) is 0 Å². The Balaban J connectivity index is 2.42. The van der Waals surface area contributed by atoms with Crippen molar-refractivity contribution in [1.29, 1.82) is 0 Å². The number of aliphatic imine (C=N–C) groups is 1.